The smallest absolute Gasteiger partial charge is 0.194 e. The van der Waals surface area contributed by atoms with Crippen LogP contribution in [-0.2, 0) is 22.0 Å². The molecule has 6 heteroatoms. The lowest BCUT2D eigenvalue weighted by molar-refractivity contribution is -0.122. The summed E-state index contributed by atoms with van der Waals surface area (Å²) >= 11 is 0. The van der Waals surface area contributed by atoms with Crippen LogP contribution >= 0.6 is 0 Å². The van der Waals surface area contributed by atoms with Crippen molar-refractivity contribution < 1.29 is 22.2 Å². The Morgan fingerprint density at radius 2 is 1.64 bits per heavy atom. The van der Waals surface area contributed by atoms with Gasteiger partial charge < -0.3 is 0 Å². The average molecular weight is 330 g/mol. The Hall–Kier alpha value is -1.17. The zero-order chi connectivity index (χ0) is 15.9. The lowest BCUT2D eigenvalue weighted by Gasteiger charge is -2.37. The van der Waals surface area contributed by atoms with Crippen LogP contribution in [0.4, 0.5) is 13.2 Å². The quantitative estimate of drug-likeness (QED) is 0.797. The molecule has 2 atom stereocenters. The Balaban J connectivity index is 1.71. The van der Waals surface area contributed by atoms with Crippen LogP contribution in [-0.4, -0.2) is 20.5 Å². The highest BCUT2D eigenvalue weighted by Gasteiger charge is 2.40. The Bertz CT molecular complexity index is 593. The highest BCUT2D eigenvalue weighted by Crippen LogP contribution is 2.37. The van der Waals surface area contributed by atoms with E-state index >= 15 is 0 Å². The zero-order valence-corrected chi connectivity index (χ0v) is 12.8. The molecule has 2 nitrogen and oxygen atoms in total. The van der Waals surface area contributed by atoms with Crippen LogP contribution in [0.5, 0.6) is 0 Å². The van der Waals surface area contributed by atoms with Gasteiger partial charge >= 0.3 is 0 Å². The van der Waals surface area contributed by atoms with Crippen LogP contribution in [0.1, 0.15) is 37.7 Å². The second-order valence-electron chi connectivity index (χ2n) is 6.19. The fourth-order valence-electron chi connectivity index (χ4n) is 3.55. The minimum absolute atomic E-state index is 0.0724. The van der Waals surface area contributed by atoms with Gasteiger partial charge in [0.25, 0.3) is 0 Å². The summed E-state index contributed by atoms with van der Waals surface area (Å²) in [6.07, 6.45) is 3.89. The van der Waals surface area contributed by atoms with E-state index in [4.69, 9.17) is 0 Å². The van der Waals surface area contributed by atoms with Crippen LogP contribution in [0.25, 0.3) is 0 Å². The minimum Gasteiger partial charge on any atom is -0.299 e. The topological polar surface area (TPSA) is 34.1 Å². The molecular weight excluding hydrogens is 313 g/mol. The van der Waals surface area contributed by atoms with Crippen LogP contribution in [0, 0.1) is 23.4 Å². The summed E-state index contributed by atoms with van der Waals surface area (Å²) in [5, 5.41) is 0.145. The van der Waals surface area contributed by atoms with Gasteiger partial charge in [0.15, 0.2) is 17.5 Å². The summed E-state index contributed by atoms with van der Waals surface area (Å²) in [4.78, 5) is 12.4. The van der Waals surface area contributed by atoms with E-state index in [1.54, 1.807) is 0 Å². The first kappa shape index (κ1) is 15.7. The van der Waals surface area contributed by atoms with Crippen molar-refractivity contribution in [2.75, 3.05) is 0 Å². The van der Waals surface area contributed by atoms with Gasteiger partial charge in [-0.15, -0.1) is 0 Å². The Morgan fingerprint density at radius 3 is 2.18 bits per heavy atom. The number of Topliss-reactive ketones (excluding diaryl/α,β-unsaturated/α-hetero) is 1. The lowest BCUT2D eigenvalue weighted by atomic mass is 9.85. The fraction of sp³-hybridized carbons (Fsp3) is 0.562. The monoisotopic (exact) mass is 330 g/mol. The standard InChI is InChI=1S/C16H17F3O2S/c17-13-4-9(5-14(18)16(13)19)6-15(20)10-7-11-2-1-3-12(8-10)22(11)21/h4-5,10-12H,1-3,6-8H2. The number of carbonyl (C=O) groups excluding carboxylic acids is 1. The molecule has 0 saturated carbocycles. The first-order valence-electron chi connectivity index (χ1n) is 7.51. The molecule has 0 amide bonds. The number of ketones is 1. The number of hydrogen-bond donors (Lipinski definition) is 0. The third-order valence-corrected chi connectivity index (χ3v) is 6.85. The first-order chi connectivity index (χ1) is 10.5. The van der Waals surface area contributed by atoms with Crippen molar-refractivity contribution in [2.45, 2.75) is 49.0 Å². The van der Waals surface area contributed by atoms with E-state index in [-0.39, 0.29) is 34.2 Å². The van der Waals surface area contributed by atoms with Crippen molar-refractivity contribution in [1.82, 2.24) is 0 Å². The fourth-order valence-corrected chi connectivity index (χ4v) is 5.74. The largest absolute Gasteiger partial charge is 0.299 e. The molecule has 0 spiro atoms. The van der Waals surface area contributed by atoms with Crippen LogP contribution in [0.3, 0.4) is 0 Å². The molecule has 2 aliphatic heterocycles. The summed E-state index contributed by atoms with van der Waals surface area (Å²) in [6, 6.07) is 1.75. The molecule has 2 fully saturated rings. The van der Waals surface area contributed by atoms with Crippen LogP contribution in [0.15, 0.2) is 12.1 Å². The third-order valence-electron chi connectivity index (χ3n) is 4.68. The molecule has 0 aromatic heterocycles. The molecule has 3 rings (SSSR count). The number of benzene rings is 1. The summed E-state index contributed by atoms with van der Waals surface area (Å²) < 4.78 is 51.5. The molecule has 2 aliphatic rings. The van der Waals surface area contributed by atoms with E-state index in [0.717, 1.165) is 31.4 Å². The highest BCUT2D eigenvalue weighted by atomic mass is 32.2. The van der Waals surface area contributed by atoms with Gasteiger partial charge in [-0.1, -0.05) is 6.42 Å². The summed E-state index contributed by atoms with van der Waals surface area (Å²) in [6.45, 7) is 0. The van der Waals surface area contributed by atoms with Crippen molar-refractivity contribution >= 4 is 16.6 Å². The van der Waals surface area contributed by atoms with Gasteiger partial charge in [0.2, 0.25) is 0 Å². The van der Waals surface area contributed by atoms with E-state index in [9.17, 15) is 22.2 Å². The van der Waals surface area contributed by atoms with Gasteiger partial charge in [0, 0.05) is 33.6 Å². The predicted molar refractivity (Wildman–Crippen MR) is 77.3 cm³/mol. The van der Waals surface area contributed by atoms with E-state index in [2.05, 4.69) is 0 Å². The minimum atomic E-state index is -1.52. The maximum absolute atomic E-state index is 13.2. The molecule has 2 bridgehead atoms. The van der Waals surface area contributed by atoms with Crippen molar-refractivity contribution in [3.8, 4) is 0 Å². The van der Waals surface area contributed by atoms with Gasteiger partial charge in [-0.2, -0.15) is 0 Å². The second-order valence-corrected chi connectivity index (χ2v) is 8.18. The molecule has 120 valence electrons. The number of fused-ring (bicyclic) bond motifs is 2. The van der Waals surface area contributed by atoms with Crippen molar-refractivity contribution in [1.29, 1.82) is 0 Å². The number of carbonyl (C=O) groups is 1. The number of hydrogen-bond acceptors (Lipinski definition) is 2. The SMILES string of the molecule is O=C(Cc1cc(F)c(F)c(F)c1)C1CC2CCCC(C1)S2=O. The van der Waals surface area contributed by atoms with Crippen LogP contribution < -0.4 is 0 Å². The molecule has 2 unspecified atom stereocenters. The first-order valence-corrected chi connectivity index (χ1v) is 8.79. The molecule has 0 radical (unpaired) electrons. The van der Waals surface area contributed by atoms with Crippen LogP contribution in [0.2, 0.25) is 0 Å². The highest BCUT2D eigenvalue weighted by molar-refractivity contribution is 7.86. The third kappa shape index (κ3) is 2.98. The molecule has 1 aromatic carbocycles. The summed E-state index contributed by atoms with van der Waals surface area (Å²) in [5.74, 6) is -4.36. The van der Waals surface area contributed by atoms with Gasteiger partial charge in [0.1, 0.15) is 5.78 Å². The van der Waals surface area contributed by atoms with E-state index < -0.39 is 28.3 Å². The summed E-state index contributed by atoms with van der Waals surface area (Å²) in [5.41, 5.74) is 0.151. The zero-order valence-electron chi connectivity index (χ0n) is 12.0. The van der Waals surface area contributed by atoms with Gasteiger partial charge in [-0.25, -0.2) is 13.2 Å². The molecule has 1 aromatic rings. The molecule has 22 heavy (non-hydrogen) atoms. The molecule has 2 heterocycles. The number of halogens is 3. The summed E-state index contributed by atoms with van der Waals surface area (Å²) in [7, 11) is -0.852. The Labute approximate surface area is 129 Å². The average Bonchev–Trinajstić information content (AvgIpc) is 2.44. The number of rotatable bonds is 3. The van der Waals surface area contributed by atoms with Gasteiger partial charge in [-0.05, 0) is 43.4 Å². The lowest BCUT2D eigenvalue weighted by Crippen LogP contribution is -2.41. The Kier molecular flexibility index (Phi) is 4.39. The maximum atomic E-state index is 13.2. The van der Waals surface area contributed by atoms with E-state index in [1.165, 1.54) is 0 Å². The molecule has 0 aliphatic carbocycles. The Morgan fingerprint density at radius 1 is 1.09 bits per heavy atom. The van der Waals surface area contributed by atoms with Crippen molar-refractivity contribution in [3.05, 3.63) is 35.1 Å². The molecular formula is C16H17F3O2S. The van der Waals surface area contributed by atoms with Gasteiger partial charge in [-0.3, -0.25) is 9.00 Å². The predicted octanol–water partition coefficient (Wildman–Crippen LogP) is 3.30. The molecule has 2 saturated heterocycles. The maximum Gasteiger partial charge on any atom is 0.194 e. The normalized spacial score (nSPS) is 31.0. The second kappa shape index (κ2) is 6.14. The van der Waals surface area contributed by atoms with Gasteiger partial charge in [0.05, 0.1) is 0 Å². The van der Waals surface area contributed by atoms with Crippen molar-refractivity contribution in [3.63, 3.8) is 0 Å². The van der Waals surface area contributed by atoms with E-state index in [1.807, 2.05) is 0 Å². The van der Waals surface area contributed by atoms with Crippen molar-refractivity contribution in [2.24, 2.45) is 5.92 Å². The molecule has 0 N–H and O–H groups in total. The van der Waals surface area contributed by atoms with E-state index in [0.29, 0.717) is 12.8 Å².